The van der Waals surface area contributed by atoms with Gasteiger partial charge in [-0.3, -0.25) is 4.79 Å². The highest BCUT2D eigenvalue weighted by molar-refractivity contribution is 5.83. The molecular formula is C34H62N4O5. The molecule has 0 saturated heterocycles. The van der Waals surface area contributed by atoms with Crippen molar-refractivity contribution in [2.75, 3.05) is 47.3 Å². The maximum absolute atomic E-state index is 13.4. The van der Waals surface area contributed by atoms with E-state index in [1.165, 1.54) is 16.9 Å². The molecule has 0 bridgehead atoms. The van der Waals surface area contributed by atoms with Crippen LogP contribution in [0.5, 0.6) is 0 Å². The van der Waals surface area contributed by atoms with E-state index in [2.05, 4.69) is 43.6 Å². The van der Waals surface area contributed by atoms with Crippen LogP contribution in [-0.4, -0.2) is 104 Å². The molecule has 248 valence electrons. The third-order valence-electron chi connectivity index (χ3n) is 8.97. The normalized spacial score (nSPS) is 19.4. The molecule has 0 aromatic carbocycles. The van der Waals surface area contributed by atoms with Crippen LogP contribution in [0.4, 0.5) is 4.79 Å². The van der Waals surface area contributed by atoms with Gasteiger partial charge < -0.3 is 35.4 Å². The van der Waals surface area contributed by atoms with Crippen molar-refractivity contribution in [2.24, 2.45) is 17.8 Å². The zero-order valence-electron chi connectivity index (χ0n) is 27.9. The van der Waals surface area contributed by atoms with Crippen molar-refractivity contribution >= 4 is 12.0 Å². The number of carbonyl (C=O) groups is 2. The summed E-state index contributed by atoms with van der Waals surface area (Å²) in [6.45, 7) is 8.51. The molecule has 0 spiro atoms. The Morgan fingerprint density at radius 1 is 1.07 bits per heavy atom. The zero-order chi connectivity index (χ0) is 31.8. The first-order valence-electron chi connectivity index (χ1n) is 16.8. The minimum absolute atomic E-state index is 0.134. The van der Waals surface area contributed by atoms with Crippen LogP contribution in [0.3, 0.4) is 0 Å². The predicted octanol–water partition coefficient (Wildman–Crippen LogP) is 4.49. The Bertz CT molecular complexity index is 871. The predicted molar refractivity (Wildman–Crippen MR) is 174 cm³/mol. The van der Waals surface area contributed by atoms with Crippen molar-refractivity contribution in [1.29, 1.82) is 0 Å². The van der Waals surface area contributed by atoms with Crippen LogP contribution in [0, 0.1) is 17.8 Å². The van der Waals surface area contributed by atoms with Gasteiger partial charge in [0.1, 0.15) is 0 Å². The lowest BCUT2D eigenvalue weighted by Gasteiger charge is -2.37. The van der Waals surface area contributed by atoms with Gasteiger partial charge in [0.2, 0.25) is 0 Å². The molecular weight excluding hydrogens is 544 g/mol. The van der Waals surface area contributed by atoms with Crippen molar-refractivity contribution in [2.45, 2.75) is 116 Å². The number of aliphatic hydroxyl groups excluding tert-OH is 2. The maximum Gasteiger partial charge on any atom is 0.410 e. The van der Waals surface area contributed by atoms with Gasteiger partial charge in [-0.2, -0.15) is 0 Å². The van der Waals surface area contributed by atoms with E-state index in [0.29, 0.717) is 57.3 Å². The molecule has 5 atom stereocenters. The number of aliphatic hydroxyl groups is 2. The number of rotatable bonds is 19. The molecule has 2 rings (SSSR count). The Morgan fingerprint density at radius 3 is 2.40 bits per heavy atom. The van der Waals surface area contributed by atoms with Crippen molar-refractivity contribution in [3.63, 3.8) is 0 Å². The number of hydrogen-bond donors (Lipinski definition) is 4. The van der Waals surface area contributed by atoms with E-state index in [9.17, 15) is 19.8 Å². The van der Waals surface area contributed by atoms with Gasteiger partial charge in [-0.05, 0) is 83.3 Å². The summed E-state index contributed by atoms with van der Waals surface area (Å²) < 4.78 is 5.77. The van der Waals surface area contributed by atoms with Crippen LogP contribution < -0.4 is 10.6 Å². The Kier molecular flexibility index (Phi) is 17.5. The molecule has 0 heterocycles. The summed E-state index contributed by atoms with van der Waals surface area (Å²) >= 11 is 0. The van der Waals surface area contributed by atoms with Crippen molar-refractivity contribution in [3.05, 3.63) is 23.8 Å². The Hall–Kier alpha value is -1.94. The van der Waals surface area contributed by atoms with Gasteiger partial charge in [-0.25, -0.2) is 4.79 Å². The highest BCUT2D eigenvalue weighted by Gasteiger charge is 2.34. The van der Waals surface area contributed by atoms with Crippen molar-refractivity contribution in [1.82, 2.24) is 20.4 Å². The van der Waals surface area contributed by atoms with Crippen LogP contribution in [0.25, 0.3) is 0 Å². The van der Waals surface area contributed by atoms with Crippen LogP contribution in [0.15, 0.2) is 23.8 Å². The molecule has 9 heteroatoms. The van der Waals surface area contributed by atoms with E-state index in [-0.39, 0.29) is 17.9 Å². The molecule has 0 aliphatic heterocycles. The first-order chi connectivity index (χ1) is 20.5. The number of nitrogens with zero attached hydrogens (tertiary/aromatic N) is 2. The summed E-state index contributed by atoms with van der Waals surface area (Å²) in [6.07, 6.45) is 13.5. The Balaban J connectivity index is 2.01. The highest BCUT2D eigenvalue weighted by atomic mass is 16.6. The van der Waals surface area contributed by atoms with Gasteiger partial charge in [0.15, 0.2) is 6.10 Å². The number of allylic oxidation sites excluding steroid dienone is 4. The molecule has 1 fully saturated rings. The van der Waals surface area contributed by atoms with Crippen LogP contribution in [0.1, 0.15) is 91.4 Å². The fourth-order valence-corrected chi connectivity index (χ4v) is 6.02. The summed E-state index contributed by atoms with van der Waals surface area (Å²) in [7, 11) is 5.60. The van der Waals surface area contributed by atoms with E-state index in [1.54, 1.807) is 7.05 Å². The second-order valence-electron chi connectivity index (χ2n) is 13.5. The maximum atomic E-state index is 13.4. The van der Waals surface area contributed by atoms with Crippen molar-refractivity contribution < 1.29 is 24.5 Å². The SMILES string of the molecule is CC[C@H](CNC(=O)[C@H](CCC1=CC=CCC1)OC(=O)N(C)CCN(C)C)CNC(C1CCCCC1)[C@@H](O)[C@@H](O)CC(C)C. The highest BCUT2D eigenvalue weighted by Crippen LogP contribution is 2.29. The number of carbonyl (C=O) groups excluding carboxylic acids is 2. The second-order valence-corrected chi connectivity index (χ2v) is 13.5. The number of likely N-dealkylation sites (N-methyl/N-ethyl adjacent to an activating group) is 2. The standard InChI is InChI=1S/C34H62N4O5/c1-7-26(23-35-31(28-16-12-9-13-17-28)32(40)29(39)22-25(2)3)24-36-33(41)30(19-18-27-14-10-8-11-15-27)43-34(42)38(6)21-20-37(4)5/h8,10,14,25-26,28-32,35,39-40H,7,9,11-13,15-24H2,1-6H3,(H,36,41)/t26-,29-,30-,31?,32-/m0/s1. The molecule has 2 aliphatic rings. The van der Waals surface area contributed by atoms with Crippen molar-refractivity contribution in [3.8, 4) is 0 Å². The molecule has 2 amide bonds. The fraction of sp³-hybridized carbons (Fsp3) is 0.824. The Morgan fingerprint density at radius 2 is 1.79 bits per heavy atom. The number of ether oxygens (including phenoxy) is 1. The minimum atomic E-state index is -0.866. The zero-order valence-corrected chi connectivity index (χ0v) is 27.9. The summed E-state index contributed by atoms with van der Waals surface area (Å²) in [5.41, 5.74) is 1.26. The summed E-state index contributed by atoms with van der Waals surface area (Å²) in [5.74, 6) is 0.497. The lowest BCUT2D eigenvalue weighted by molar-refractivity contribution is -0.130. The first kappa shape index (κ1) is 37.2. The smallest absolute Gasteiger partial charge is 0.410 e. The van der Waals surface area contributed by atoms with Gasteiger partial charge in [0, 0.05) is 32.7 Å². The molecule has 0 aromatic heterocycles. The summed E-state index contributed by atoms with van der Waals surface area (Å²) in [4.78, 5) is 29.8. The van der Waals surface area contributed by atoms with Crippen LogP contribution in [-0.2, 0) is 9.53 Å². The number of amides is 2. The number of hydrogen-bond acceptors (Lipinski definition) is 7. The first-order valence-corrected chi connectivity index (χ1v) is 16.8. The minimum Gasteiger partial charge on any atom is -0.436 e. The third kappa shape index (κ3) is 14.1. The number of nitrogens with one attached hydrogen (secondary N) is 2. The quantitative estimate of drug-likeness (QED) is 0.171. The topological polar surface area (TPSA) is 114 Å². The van der Waals surface area contributed by atoms with E-state index in [1.807, 2.05) is 25.1 Å². The molecule has 0 radical (unpaired) electrons. The Labute approximate surface area is 261 Å². The molecule has 1 saturated carbocycles. The largest absolute Gasteiger partial charge is 0.436 e. The lowest BCUT2D eigenvalue weighted by atomic mass is 9.79. The van der Waals surface area contributed by atoms with E-state index >= 15 is 0 Å². The second kappa shape index (κ2) is 20.2. The fourth-order valence-electron chi connectivity index (χ4n) is 6.02. The molecule has 1 unspecified atom stereocenters. The van der Waals surface area contributed by atoms with Gasteiger partial charge in [-0.15, -0.1) is 0 Å². The summed E-state index contributed by atoms with van der Waals surface area (Å²) in [5, 5.41) is 28.6. The lowest BCUT2D eigenvalue weighted by Crippen LogP contribution is -2.53. The van der Waals surface area contributed by atoms with Gasteiger partial charge in [-0.1, -0.05) is 70.3 Å². The molecule has 43 heavy (non-hydrogen) atoms. The van der Waals surface area contributed by atoms with Gasteiger partial charge in [0.05, 0.1) is 12.2 Å². The average Bonchev–Trinajstić information content (AvgIpc) is 2.99. The van der Waals surface area contributed by atoms with Crippen LogP contribution in [0.2, 0.25) is 0 Å². The van der Waals surface area contributed by atoms with E-state index in [0.717, 1.165) is 44.9 Å². The van der Waals surface area contributed by atoms with E-state index < -0.39 is 24.4 Å². The average molecular weight is 607 g/mol. The molecule has 4 N–H and O–H groups in total. The molecule has 9 nitrogen and oxygen atoms in total. The van der Waals surface area contributed by atoms with Gasteiger partial charge >= 0.3 is 6.09 Å². The van der Waals surface area contributed by atoms with Gasteiger partial charge in [0.25, 0.3) is 5.91 Å². The third-order valence-corrected chi connectivity index (χ3v) is 8.97. The molecule has 0 aromatic rings. The van der Waals surface area contributed by atoms with E-state index in [4.69, 9.17) is 4.74 Å². The monoisotopic (exact) mass is 606 g/mol. The summed E-state index contributed by atoms with van der Waals surface area (Å²) in [6, 6.07) is -0.178. The molecule has 2 aliphatic carbocycles. The van der Waals surface area contributed by atoms with Crippen LogP contribution >= 0.6 is 0 Å².